The Balaban J connectivity index is 1.97. The number of carbonyl (C=O) groups excluding carboxylic acids is 1. The Bertz CT molecular complexity index is 297. The Kier molecular flexibility index (Phi) is 4.28. The first-order valence-corrected chi connectivity index (χ1v) is 7.25. The van der Waals surface area contributed by atoms with E-state index in [1.54, 1.807) is 0 Å². The maximum absolute atomic E-state index is 12.6. The summed E-state index contributed by atoms with van der Waals surface area (Å²) in [5.41, 5.74) is -0.185. The van der Waals surface area contributed by atoms with Crippen LogP contribution in [0.4, 0.5) is 0 Å². The molecule has 2 atom stereocenters. The van der Waals surface area contributed by atoms with E-state index >= 15 is 0 Å². The van der Waals surface area contributed by atoms with Crippen LogP contribution in [0.1, 0.15) is 33.1 Å². The fourth-order valence-electron chi connectivity index (χ4n) is 3.27. The van der Waals surface area contributed by atoms with Crippen molar-refractivity contribution in [1.29, 1.82) is 0 Å². The zero-order valence-electron chi connectivity index (χ0n) is 12.0. The smallest absolute Gasteiger partial charge is 0.228 e. The normalized spacial score (nSPS) is 33.9. The zero-order valence-corrected chi connectivity index (χ0v) is 12.0. The third-order valence-corrected chi connectivity index (χ3v) is 4.71. The van der Waals surface area contributed by atoms with Crippen molar-refractivity contribution >= 4 is 5.91 Å². The van der Waals surface area contributed by atoms with Crippen molar-refractivity contribution in [2.45, 2.75) is 39.2 Å². The topological polar surface area (TPSA) is 44.4 Å². The Morgan fingerprint density at radius 3 is 2.83 bits per heavy atom. The molecule has 0 bridgehead atoms. The Morgan fingerprint density at radius 1 is 1.50 bits per heavy atom. The zero-order chi connectivity index (χ0) is 13.2. The minimum atomic E-state index is -0.185. The molecule has 2 heterocycles. The van der Waals surface area contributed by atoms with Crippen LogP contribution in [0.15, 0.2) is 0 Å². The van der Waals surface area contributed by atoms with Gasteiger partial charge < -0.3 is 15.5 Å². The molecule has 0 aromatic heterocycles. The molecule has 0 spiro atoms. The SMILES string of the molecule is CC(C)C1(C(=O)NC2CCCN(C)C2)CCNC1. The predicted octanol–water partition coefficient (Wildman–Crippen LogP) is 0.833. The average molecular weight is 253 g/mol. The minimum Gasteiger partial charge on any atom is -0.352 e. The van der Waals surface area contributed by atoms with Crippen molar-refractivity contribution in [3.63, 3.8) is 0 Å². The molecule has 2 aliphatic rings. The molecule has 0 aromatic carbocycles. The molecule has 4 heteroatoms. The van der Waals surface area contributed by atoms with Gasteiger partial charge in [0.2, 0.25) is 5.91 Å². The summed E-state index contributed by atoms with van der Waals surface area (Å²) in [6.45, 7) is 8.28. The molecule has 0 radical (unpaired) electrons. The van der Waals surface area contributed by atoms with Crippen LogP contribution >= 0.6 is 0 Å². The predicted molar refractivity (Wildman–Crippen MR) is 73.4 cm³/mol. The van der Waals surface area contributed by atoms with Gasteiger partial charge in [-0.15, -0.1) is 0 Å². The molecule has 2 rings (SSSR count). The molecule has 2 aliphatic heterocycles. The van der Waals surface area contributed by atoms with Gasteiger partial charge in [0.05, 0.1) is 5.41 Å². The van der Waals surface area contributed by atoms with E-state index in [-0.39, 0.29) is 11.3 Å². The number of nitrogens with one attached hydrogen (secondary N) is 2. The van der Waals surface area contributed by atoms with Gasteiger partial charge in [0.15, 0.2) is 0 Å². The molecule has 104 valence electrons. The average Bonchev–Trinajstić information content (AvgIpc) is 2.79. The first kappa shape index (κ1) is 13.8. The second kappa shape index (κ2) is 5.57. The van der Waals surface area contributed by atoms with Gasteiger partial charge >= 0.3 is 0 Å². The van der Waals surface area contributed by atoms with E-state index in [1.807, 2.05) is 0 Å². The van der Waals surface area contributed by atoms with Crippen LogP contribution in [-0.2, 0) is 4.79 Å². The van der Waals surface area contributed by atoms with Crippen molar-refractivity contribution in [1.82, 2.24) is 15.5 Å². The lowest BCUT2D eigenvalue weighted by Gasteiger charge is -2.36. The Labute approximate surface area is 110 Å². The van der Waals surface area contributed by atoms with Crippen LogP contribution in [0.25, 0.3) is 0 Å². The van der Waals surface area contributed by atoms with E-state index in [9.17, 15) is 4.79 Å². The number of carbonyl (C=O) groups is 1. The molecule has 2 N–H and O–H groups in total. The van der Waals surface area contributed by atoms with Crippen molar-refractivity contribution < 1.29 is 4.79 Å². The van der Waals surface area contributed by atoms with Crippen LogP contribution in [0.5, 0.6) is 0 Å². The summed E-state index contributed by atoms with van der Waals surface area (Å²) in [4.78, 5) is 14.9. The monoisotopic (exact) mass is 253 g/mol. The molecule has 0 aliphatic carbocycles. The number of likely N-dealkylation sites (N-methyl/N-ethyl adjacent to an activating group) is 1. The summed E-state index contributed by atoms with van der Waals surface area (Å²) in [7, 11) is 2.13. The van der Waals surface area contributed by atoms with Crippen molar-refractivity contribution in [3.05, 3.63) is 0 Å². The maximum atomic E-state index is 12.6. The fraction of sp³-hybridized carbons (Fsp3) is 0.929. The third kappa shape index (κ3) is 2.69. The number of likely N-dealkylation sites (tertiary alicyclic amines) is 1. The van der Waals surface area contributed by atoms with Crippen LogP contribution < -0.4 is 10.6 Å². The molecule has 2 unspecified atom stereocenters. The van der Waals surface area contributed by atoms with E-state index < -0.39 is 0 Å². The van der Waals surface area contributed by atoms with Crippen LogP contribution in [0.2, 0.25) is 0 Å². The van der Waals surface area contributed by atoms with Gasteiger partial charge in [-0.1, -0.05) is 13.8 Å². The van der Waals surface area contributed by atoms with Gasteiger partial charge in [-0.3, -0.25) is 4.79 Å². The van der Waals surface area contributed by atoms with Gasteiger partial charge in [-0.2, -0.15) is 0 Å². The van der Waals surface area contributed by atoms with Crippen LogP contribution in [-0.4, -0.2) is 50.1 Å². The summed E-state index contributed by atoms with van der Waals surface area (Å²) in [5, 5.41) is 6.64. The van der Waals surface area contributed by atoms with Crippen molar-refractivity contribution in [2.24, 2.45) is 11.3 Å². The lowest BCUT2D eigenvalue weighted by Crippen LogP contribution is -2.53. The molecular weight excluding hydrogens is 226 g/mol. The summed E-state index contributed by atoms with van der Waals surface area (Å²) in [6, 6.07) is 0.340. The van der Waals surface area contributed by atoms with Crippen LogP contribution in [0, 0.1) is 11.3 Å². The standard InChI is InChI=1S/C14H27N3O/c1-11(2)14(6-7-15-10-14)13(18)16-12-5-4-8-17(3)9-12/h11-12,15H,4-10H2,1-3H3,(H,16,18). The van der Waals surface area contributed by atoms with Crippen molar-refractivity contribution in [2.75, 3.05) is 33.2 Å². The summed E-state index contributed by atoms with van der Waals surface area (Å²) in [6.07, 6.45) is 3.28. The number of amides is 1. The lowest BCUT2D eigenvalue weighted by atomic mass is 9.75. The van der Waals surface area contributed by atoms with E-state index in [0.717, 1.165) is 39.0 Å². The first-order chi connectivity index (χ1) is 8.54. The quantitative estimate of drug-likeness (QED) is 0.783. The van der Waals surface area contributed by atoms with E-state index in [4.69, 9.17) is 0 Å². The molecule has 2 saturated heterocycles. The third-order valence-electron chi connectivity index (χ3n) is 4.71. The number of rotatable bonds is 3. The molecule has 2 fully saturated rings. The second-order valence-corrected chi connectivity index (χ2v) is 6.31. The first-order valence-electron chi connectivity index (χ1n) is 7.25. The van der Waals surface area contributed by atoms with Crippen molar-refractivity contribution in [3.8, 4) is 0 Å². The minimum absolute atomic E-state index is 0.185. The molecule has 1 amide bonds. The summed E-state index contributed by atoms with van der Waals surface area (Å²) < 4.78 is 0. The number of hydrogen-bond acceptors (Lipinski definition) is 3. The number of nitrogens with zero attached hydrogens (tertiary/aromatic N) is 1. The highest BCUT2D eigenvalue weighted by Gasteiger charge is 2.44. The number of hydrogen-bond donors (Lipinski definition) is 2. The van der Waals surface area contributed by atoms with Gasteiger partial charge in [0.25, 0.3) is 0 Å². The fourth-order valence-corrected chi connectivity index (χ4v) is 3.27. The van der Waals surface area contributed by atoms with E-state index in [2.05, 4.69) is 36.4 Å². The molecule has 0 aromatic rings. The van der Waals surface area contributed by atoms with Crippen LogP contribution in [0.3, 0.4) is 0 Å². The van der Waals surface area contributed by atoms with Gasteiger partial charge in [0.1, 0.15) is 0 Å². The number of piperidine rings is 1. The molecular formula is C14H27N3O. The highest BCUT2D eigenvalue weighted by molar-refractivity contribution is 5.84. The van der Waals surface area contributed by atoms with E-state index in [1.165, 1.54) is 6.42 Å². The molecule has 0 saturated carbocycles. The maximum Gasteiger partial charge on any atom is 0.228 e. The Morgan fingerprint density at radius 2 is 2.28 bits per heavy atom. The largest absolute Gasteiger partial charge is 0.352 e. The molecule has 18 heavy (non-hydrogen) atoms. The summed E-state index contributed by atoms with van der Waals surface area (Å²) in [5.74, 6) is 0.664. The van der Waals surface area contributed by atoms with Gasteiger partial charge in [0, 0.05) is 19.1 Å². The Hall–Kier alpha value is -0.610. The molecule has 4 nitrogen and oxygen atoms in total. The van der Waals surface area contributed by atoms with Gasteiger partial charge in [-0.05, 0) is 45.3 Å². The highest BCUT2D eigenvalue weighted by Crippen LogP contribution is 2.34. The lowest BCUT2D eigenvalue weighted by molar-refractivity contribution is -0.133. The van der Waals surface area contributed by atoms with Gasteiger partial charge in [-0.25, -0.2) is 0 Å². The van der Waals surface area contributed by atoms with E-state index in [0.29, 0.717) is 12.0 Å². The highest BCUT2D eigenvalue weighted by atomic mass is 16.2. The summed E-state index contributed by atoms with van der Waals surface area (Å²) >= 11 is 0. The second-order valence-electron chi connectivity index (χ2n) is 6.31.